The number of nitrogens with zero attached hydrogens (tertiary/aromatic N) is 3. The third-order valence-corrected chi connectivity index (χ3v) is 6.10. The summed E-state index contributed by atoms with van der Waals surface area (Å²) in [6, 6.07) is 13.1. The van der Waals surface area contributed by atoms with E-state index in [1.54, 1.807) is 19.1 Å². The second kappa shape index (κ2) is 8.43. The summed E-state index contributed by atoms with van der Waals surface area (Å²) in [5.41, 5.74) is 2.31. The minimum atomic E-state index is 0.462. The molecule has 2 heterocycles. The van der Waals surface area contributed by atoms with Crippen molar-refractivity contribution in [3.8, 4) is 5.88 Å². The Morgan fingerprint density at radius 1 is 1.32 bits per heavy atom. The highest BCUT2D eigenvalue weighted by Crippen LogP contribution is 2.43. The highest BCUT2D eigenvalue weighted by molar-refractivity contribution is 9.10. The van der Waals surface area contributed by atoms with Gasteiger partial charge in [-0.3, -0.25) is 0 Å². The predicted molar refractivity (Wildman–Crippen MR) is 109 cm³/mol. The molecule has 3 rings (SSSR count). The Morgan fingerprint density at radius 2 is 2.08 bits per heavy atom. The third kappa shape index (κ3) is 4.13. The van der Waals surface area contributed by atoms with Crippen molar-refractivity contribution in [3.63, 3.8) is 0 Å². The highest BCUT2D eigenvalue weighted by atomic mass is 79.9. The molecule has 1 atom stereocenters. The quantitative estimate of drug-likeness (QED) is 0.594. The molecule has 0 aliphatic carbocycles. The summed E-state index contributed by atoms with van der Waals surface area (Å²) < 4.78 is 8.64. The molecule has 0 amide bonds. The molecule has 4 nitrogen and oxygen atoms in total. The molecule has 134 valence electrons. The van der Waals surface area contributed by atoms with E-state index >= 15 is 0 Å². The van der Waals surface area contributed by atoms with E-state index in [-0.39, 0.29) is 0 Å². The SMILES string of the molecule is CCCCC1CN(c2ccccc2)c2cc(Br)c(OC)nc2SN1C. The van der Waals surface area contributed by atoms with Gasteiger partial charge < -0.3 is 9.64 Å². The number of para-hydroxylation sites is 1. The summed E-state index contributed by atoms with van der Waals surface area (Å²) in [5.74, 6) is 0.625. The van der Waals surface area contributed by atoms with Crippen molar-refractivity contribution in [1.29, 1.82) is 0 Å². The van der Waals surface area contributed by atoms with Gasteiger partial charge in [-0.05, 0) is 59.5 Å². The lowest BCUT2D eigenvalue weighted by molar-refractivity contribution is 0.382. The summed E-state index contributed by atoms with van der Waals surface area (Å²) in [6.45, 7) is 3.19. The van der Waals surface area contributed by atoms with Crippen LogP contribution in [-0.4, -0.2) is 36.0 Å². The van der Waals surface area contributed by atoms with Gasteiger partial charge in [-0.25, -0.2) is 9.29 Å². The van der Waals surface area contributed by atoms with E-state index < -0.39 is 0 Å². The lowest BCUT2D eigenvalue weighted by Gasteiger charge is -2.29. The smallest absolute Gasteiger partial charge is 0.228 e. The van der Waals surface area contributed by atoms with Crippen LogP contribution in [0.15, 0.2) is 45.9 Å². The standard InChI is InChI=1S/C19H24BrN3OS/c1-4-5-9-15-13-23(14-10-7-6-8-11-14)17-12-16(20)18(24-3)21-19(17)25-22(15)2/h6-8,10-12,15H,4-5,9,13H2,1-3H3. The number of likely N-dealkylation sites (N-methyl/N-ethyl adjacent to an activating group) is 1. The third-order valence-electron chi connectivity index (χ3n) is 4.47. The fourth-order valence-corrected chi connectivity index (χ4v) is 4.50. The van der Waals surface area contributed by atoms with Crippen LogP contribution in [0.5, 0.6) is 5.88 Å². The maximum atomic E-state index is 5.41. The zero-order valence-corrected chi connectivity index (χ0v) is 17.3. The maximum absolute atomic E-state index is 5.41. The Kier molecular flexibility index (Phi) is 6.25. The predicted octanol–water partition coefficient (Wildman–Crippen LogP) is 5.50. The van der Waals surface area contributed by atoms with Crippen molar-refractivity contribution < 1.29 is 4.74 Å². The Labute approximate surface area is 162 Å². The summed E-state index contributed by atoms with van der Waals surface area (Å²) in [4.78, 5) is 7.12. The van der Waals surface area contributed by atoms with Gasteiger partial charge in [-0.2, -0.15) is 0 Å². The number of anilines is 2. The number of hydrogen-bond acceptors (Lipinski definition) is 5. The van der Waals surface area contributed by atoms with Crippen molar-refractivity contribution in [3.05, 3.63) is 40.9 Å². The van der Waals surface area contributed by atoms with Crippen LogP contribution in [0, 0.1) is 0 Å². The Balaban J connectivity index is 2.05. The minimum Gasteiger partial charge on any atom is -0.480 e. The number of pyridine rings is 1. The second-order valence-electron chi connectivity index (χ2n) is 6.18. The number of rotatable bonds is 5. The van der Waals surface area contributed by atoms with E-state index in [1.807, 2.05) is 0 Å². The van der Waals surface area contributed by atoms with Gasteiger partial charge in [0.1, 0.15) is 5.03 Å². The van der Waals surface area contributed by atoms with Crippen LogP contribution in [-0.2, 0) is 0 Å². The average Bonchev–Trinajstić information content (AvgIpc) is 2.76. The molecule has 0 saturated carbocycles. The first-order valence-corrected chi connectivity index (χ1v) is 10.2. The topological polar surface area (TPSA) is 28.6 Å². The van der Waals surface area contributed by atoms with Gasteiger partial charge in [0.05, 0.1) is 17.3 Å². The molecule has 1 aromatic carbocycles. The zero-order chi connectivity index (χ0) is 17.8. The molecule has 1 aliphatic heterocycles. The molecule has 1 aliphatic rings. The van der Waals surface area contributed by atoms with E-state index in [0.717, 1.165) is 21.7 Å². The van der Waals surface area contributed by atoms with Crippen LogP contribution in [0.25, 0.3) is 0 Å². The molecule has 1 unspecified atom stereocenters. The molecular formula is C19H24BrN3OS. The number of hydrogen-bond donors (Lipinski definition) is 0. The molecule has 25 heavy (non-hydrogen) atoms. The van der Waals surface area contributed by atoms with Crippen LogP contribution in [0.2, 0.25) is 0 Å². The number of ether oxygens (including phenoxy) is 1. The molecule has 0 saturated heterocycles. The van der Waals surface area contributed by atoms with Gasteiger partial charge in [-0.1, -0.05) is 38.0 Å². The van der Waals surface area contributed by atoms with E-state index in [1.165, 1.54) is 24.9 Å². The van der Waals surface area contributed by atoms with Crippen LogP contribution < -0.4 is 9.64 Å². The Morgan fingerprint density at radius 3 is 2.76 bits per heavy atom. The van der Waals surface area contributed by atoms with Crippen molar-refractivity contribution >= 4 is 39.3 Å². The first-order valence-electron chi connectivity index (χ1n) is 8.62. The second-order valence-corrected chi connectivity index (χ2v) is 8.18. The van der Waals surface area contributed by atoms with E-state index in [9.17, 15) is 0 Å². The van der Waals surface area contributed by atoms with E-state index in [0.29, 0.717) is 11.9 Å². The zero-order valence-electron chi connectivity index (χ0n) is 14.9. The van der Waals surface area contributed by atoms with Gasteiger partial charge in [0.15, 0.2) is 0 Å². The summed E-state index contributed by atoms with van der Waals surface area (Å²) in [6.07, 6.45) is 3.62. The number of methoxy groups -OCH3 is 1. The van der Waals surface area contributed by atoms with Crippen LogP contribution in [0.1, 0.15) is 26.2 Å². The molecule has 0 bridgehead atoms. The first-order chi connectivity index (χ1) is 12.1. The summed E-state index contributed by atoms with van der Waals surface area (Å²) >= 11 is 5.30. The number of fused-ring (bicyclic) bond motifs is 1. The van der Waals surface area contributed by atoms with Gasteiger partial charge in [-0.15, -0.1) is 0 Å². The Hall–Kier alpha value is -1.24. The van der Waals surface area contributed by atoms with Crippen molar-refractivity contribution in [2.75, 3.05) is 25.6 Å². The largest absolute Gasteiger partial charge is 0.480 e. The number of unbranched alkanes of at least 4 members (excludes halogenated alkanes) is 1. The minimum absolute atomic E-state index is 0.462. The number of aromatic nitrogens is 1. The lowest BCUT2D eigenvalue weighted by atomic mass is 10.1. The molecule has 6 heteroatoms. The van der Waals surface area contributed by atoms with Crippen LogP contribution in [0.4, 0.5) is 11.4 Å². The monoisotopic (exact) mass is 421 g/mol. The maximum Gasteiger partial charge on any atom is 0.228 e. The Bertz CT molecular complexity index is 713. The number of halogens is 1. The first kappa shape index (κ1) is 18.5. The fourth-order valence-electron chi connectivity index (χ4n) is 3.05. The van der Waals surface area contributed by atoms with Crippen LogP contribution >= 0.6 is 27.9 Å². The van der Waals surface area contributed by atoms with Crippen molar-refractivity contribution in [2.24, 2.45) is 0 Å². The average molecular weight is 422 g/mol. The van der Waals surface area contributed by atoms with Gasteiger partial charge >= 0.3 is 0 Å². The normalized spacial score (nSPS) is 17.9. The molecule has 0 fully saturated rings. The molecule has 0 spiro atoms. The molecule has 2 aromatic rings. The lowest BCUT2D eigenvalue weighted by Crippen LogP contribution is -2.35. The highest BCUT2D eigenvalue weighted by Gasteiger charge is 2.29. The molecular weight excluding hydrogens is 398 g/mol. The van der Waals surface area contributed by atoms with Gasteiger partial charge in [0.25, 0.3) is 0 Å². The summed E-state index contributed by atoms with van der Waals surface area (Å²) in [5, 5.41) is 0.977. The van der Waals surface area contributed by atoms with Crippen LogP contribution in [0.3, 0.4) is 0 Å². The van der Waals surface area contributed by atoms with Crippen molar-refractivity contribution in [2.45, 2.75) is 37.3 Å². The fraction of sp³-hybridized carbons (Fsp3) is 0.421. The van der Waals surface area contributed by atoms with Gasteiger partial charge in [0, 0.05) is 18.3 Å². The van der Waals surface area contributed by atoms with Crippen molar-refractivity contribution in [1.82, 2.24) is 9.29 Å². The number of benzene rings is 1. The molecule has 0 radical (unpaired) electrons. The molecule has 1 aromatic heterocycles. The van der Waals surface area contributed by atoms with E-state index in [4.69, 9.17) is 9.72 Å². The molecule has 0 N–H and O–H groups in total. The summed E-state index contributed by atoms with van der Waals surface area (Å²) in [7, 11) is 3.82. The van der Waals surface area contributed by atoms with E-state index in [2.05, 4.69) is 75.5 Å². The van der Waals surface area contributed by atoms with Gasteiger partial charge in [0.2, 0.25) is 5.88 Å².